The average Bonchev–Trinajstić information content (AvgIpc) is 1.88. The minimum absolute atomic E-state index is 0.399. The van der Waals surface area contributed by atoms with E-state index in [1.165, 1.54) is 17.9 Å². The Labute approximate surface area is 67.8 Å². The minimum atomic E-state index is 0.399. The van der Waals surface area contributed by atoms with Crippen molar-refractivity contribution in [1.29, 1.82) is 0 Å². The van der Waals surface area contributed by atoms with Gasteiger partial charge in [-0.1, -0.05) is 6.92 Å². The first kappa shape index (κ1) is 8.41. The third-order valence-electron chi connectivity index (χ3n) is 2.38. The molecular formula is C8H17NS. The van der Waals surface area contributed by atoms with E-state index in [4.69, 9.17) is 5.73 Å². The second-order valence-electron chi connectivity index (χ2n) is 3.36. The molecule has 0 saturated carbocycles. The van der Waals surface area contributed by atoms with Gasteiger partial charge in [0.05, 0.1) is 0 Å². The van der Waals surface area contributed by atoms with Gasteiger partial charge in [0.25, 0.3) is 0 Å². The molecule has 10 heavy (non-hydrogen) atoms. The Bertz CT molecular complexity index is 103. The highest BCUT2D eigenvalue weighted by Crippen LogP contribution is 2.29. The molecule has 0 aliphatic carbocycles. The second-order valence-corrected chi connectivity index (χ2v) is 4.51. The first-order chi connectivity index (χ1) is 4.72. The Morgan fingerprint density at radius 3 is 2.70 bits per heavy atom. The zero-order valence-electron chi connectivity index (χ0n) is 6.84. The van der Waals surface area contributed by atoms with Crippen LogP contribution in [0.25, 0.3) is 0 Å². The standard InChI is InChI=1S/C8H17NS/c1-6-5-10-4-3-8(6)7(2)9/h6-8H,3-5,9H2,1-2H3. The molecule has 1 aliphatic heterocycles. The van der Waals surface area contributed by atoms with Crippen LogP contribution in [-0.4, -0.2) is 17.5 Å². The molecule has 0 aromatic carbocycles. The van der Waals surface area contributed by atoms with E-state index >= 15 is 0 Å². The number of rotatable bonds is 1. The van der Waals surface area contributed by atoms with E-state index in [-0.39, 0.29) is 0 Å². The van der Waals surface area contributed by atoms with Crippen LogP contribution in [0.1, 0.15) is 20.3 Å². The summed E-state index contributed by atoms with van der Waals surface area (Å²) in [4.78, 5) is 0. The van der Waals surface area contributed by atoms with Crippen molar-refractivity contribution >= 4 is 11.8 Å². The predicted octanol–water partition coefficient (Wildman–Crippen LogP) is 1.72. The molecule has 60 valence electrons. The van der Waals surface area contributed by atoms with Gasteiger partial charge in [-0.15, -0.1) is 0 Å². The summed E-state index contributed by atoms with van der Waals surface area (Å²) in [5.41, 5.74) is 5.85. The Morgan fingerprint density at radius 2 is 2.30 bits per heavy atom. The SMILES string of the molecule is CC(N)C1CCSCC1C. The fraction of sp³-hybridized carbons (Fsp3) is 1.00. The van der Waals surface area contributed by atoms with E-state index < -0.39 is 0 Å². The smallest absolute Gasteiger partial charge is 0.00418 e. The Balaban J connectivity index is 2.40. The largest absolute Gasteiger partial charge is 0.328 e. The zero-order valence-corrected chi connectivity index (χ0v) is 7.66. The number of nitrogens with two attached hydrogens (primary N) is 1. The molecule has 3 unspecified atom stereocenters. The van der Waals surface area contributed by atoms with E-state index in [2.05, 4.69) is 25.6 Å². The monoisotopic (exact) mass is 159 g/mol. The van der Waals surface area contributed by atoms with E-state index in [0.29, 0.717) is 6.04 Å². The van der Waals surface area contributed by atoms with Crippen LogP contribution in [0, 0.1) is 11.8 Å². The molecule has 0 bridgehead atoms. The molecule has 0 aromatic rings. The molecule has 0 spiro atoms. The van der Waals surface area contributed by atoms with Crippen molar-refractivity contribution in [1.82, 2.24) is 0 Å². The highest BCUT2D eigenvalue weighted by Gasteiger charge is 2.24. The van der Waals surface area contributed by atoms with E-state index in [1.807, 2.05) is 0 Å². The van der Waals surface area contributed by atoms with Crippen molar-refractivity contribution in [2.75, 3.05) is 11.5 Å². The molecule has 2 N–H and O–H groups in total. The molecule has 1 saturated heterocycles. The third kappa shape index (κ3) is 1.89. The van der Waals surface area contributed by atoms with Gasteiger partial charge in [-0.3, -0.25) is 0 Å². The third-order valence-corrected chi connectivity index (χ3v) is 3.67. The van der Waals surface area contributed by atoms with Crippen LogP contribution in [0.3, 0.4) is 0 Å². The van der Waals surface area contributed by atoms with Crippen LogP contribution in [0.4, 0.5) is 0 Å². The molecule has 0 radical (unpaired) electrons. The van der Waals surface area contributed by atoms with Gasteiger partial charge in [-0.05, 0) is 36.7 Å². The van der Waals surface area contributed by atoms with Gasteiger partial charge in [-0.2, -0.15) is 11.8 Å². The van der Waals surface area contributed by atoms with Gasteiger partial charge in [0.1, 0.15) is 0 Å². The van der Waals surface area contributed by atoms with Crippen molar-refractivity contribution < 1.29 is 0 Å². The Hall–Kier alpha value is 0.310. The summed E-state index contributed by atoms with van der Waals surface area (Å²) in [6.45, 7) is 4.46. The summed E-state index contributed by atoms with van der Waals surface area (Å²) in [6.07, 6.45) is 1.32. The van der Waals surface area contributed by atoms with Gasteiger partial charge in [-0.25, -0.2) is 0 Å². The summed E-state index contributed by atoms with van der Waals surface area (Å²) in [6, 6.07) is 0.399. The van der Waals surface area contributed by atoms with Crippen LogP contribution in [0.15, 0.2) is 0 Å². The minimum Gasteiger partial charge on any atom is -0.328 e. The molecule has 3 atom stereocenters. The summed E-state index contributed by atoms with van der Waals surface area (Å²) in [5, 5.41) is 0. The Kier molecular flexibility index (Phi) is 3.05. The molecule has 0 aromatic heterocycles. The molecule has 1 fully saturated rings. The van der Waals surface area contributed by atoms with Crippen molar-refractivity contribution in [2.45, 2.75) is 26.3 Å². The fourth-order valence-electron chi connectivity index (χ4n) is 1.68. The molecule has 1 aliphatic rings. The first-order valence-corrected chi connectivity index (χ1v) is 5.20. The van der Waals surface area contributed by atoms with E-state index in [1.54, 1.807) is 0 Å². The molecule has 2 heteroatoms. The summed E-state index contributed by atoms with van der Waals surface area (Å²) in [5.74, 6) is 4.24. The van der Waals surface area contributed by atoms with Gasteiger partial charge in [0.15, 0.2) is 0 Å². The summed E-state index contributed by atoms with van der Waals surface area (Å²) in [7, 11) is 0. The van der Waals surface area contributed by atoms with Crippen LogP contribution in [-0.2, 0) is 0 Å². The van der Waals surface area contributed by atoms with E-state index in [0.717, 1.165) is 11.8 Å². The van der Waals surface area contributed by atoms with Gasteiger partial charge >= 0.3 is 0 Å². The maximum atomic E-state index is 5.85. The number of thioether (sulfide) groups is 1. The highest BCUT2D eigenvalue weighted by atomic mass is 32.2. The van der Waals surface area contributed by atoms with Crippen LogP contribution in [0.2, 0.25) is 0 Å². The molecule has 0 amide bonds. The molecule has 1 nitrogen and oxygen atoms in total. The normalized spacial score (nSPS) is 37.5. The lowest BCUT2D eigenvalue weighted by Crippen LogP contribution is -2.35. The van der Waals surface area contributed by atoms with Crippen LogP contribution in [0.5, 0.6) is 0 Å². The zero-order chi connectivity index (χ0) is 7.56. The number of hydrogen-bond acceptors (Lipinski definition) is 2. The average molecular weight is 159 g/mol. The Morgan fingerprint density at radius 1 is 1.60 bits per heavy atom. The van der Waals surface area contributed by atoms with E-state index in [9.17, 15) is 0 Å². The number of hydrogen-bond donors (Lipinski definition) is 1. The van der Waals surface area contributed by atoms with Crippen LogP contribution >= 0.6 is 11.8 Å². The van der Waals surface area contributed by atoms with Crippen molar-refractivity contribution in [3.63, 3.8) is 0 Å². The molecular weight excluding hydrogens is 142 g/mol. The quantitative estimate of drug-likeness (QED) is 0.630. The molecule has 1 rings (SSSR count). The predicted molar refractivity (Wildman–Crippen MR) is 48.2 cm³/mol. The maximum absolute atomic E-state index is 5.85. The summed E-state index contributed by atoms with van der Waals surface area (Å²) >= 11 is 2.07. The first-order valence-electron chi connectivity index (χ1n) is 4.05. The lowest BCUT2D eigenvalue weighted by atomic mass is 9.87. The van der Waals surface area contributed by atoms with Crippen molar-refractivity contribution in [3.8, 4) is 0 Å². The van der Waals surface area contributed by atoms with Gasteiger partial charge in [0.2, 0.25) is 0 Å². The van der Waals surface area contributed by atoms with Gasteiger partial charge in [0, 0.05) is 6.04 Å². The lowest BCUT2D eigenvalue weighted by molar-refractivity contribution is 0.321. The summed E-state index contributed by atoms with van der Waals surface area (Å²) < 4.78 is 0. The maximum Gasteiger partial charge on any atom is 0.00418 e. The highest BCUT2D eigenvalue weighted by molar-refractivity contribution is 7.99. The second kappa shape index (κ2) is 3.63. The van der Waals surface area contributed by atoms with Crippen molar-refractivity contribution in [3.05, 3.63) is 0 Å². The lowest BCUT2D eigenvalue weighted by Gasteiger charge is -2.31. The van der Waals surface area contributed by atoms with Crippen molar-refractivity contribution in [2.24, 2.45) is 17.6 Å². The van der Waals surface area contributed by atoms with Crippen LogP contribution < -0.4 is 5.73 Å². The molecule has 1 heterocycles. The topological polar surface area (TPSA) is 26.0 Å². The van der Waals surface area contributed by atoms with Gasteiger partial charge < -0.3 is 5.73 Å². The fourth-order valence-corrected chi connectivity index (χ4v) is 2.90.